The van der Waals surface area contributed by atoms with E-state index >= 15 is 0 Å². The molecule has 5 heteroatoms. The largest absolute Gasteiger partial charge is 0.145 e. The monoisotopic (exact) mass is 262 g/mol. The quantitative estimate of drug-likeness (QED) is 0.501. The van der Waals surface area contributed by atoms with E-state index in [1.807, 2.05) is 23.5 Å². The van der Waals surface area contributed by atoms with Gasteiger partial charge in [-0.1, -0.05) is 24.4 Å². The summed E-state index contributed by atoms with van der Waals surface area (Å²) in [5.41, 5.74) is 0. The molecular formula is C8H6S5. The van der Waals surface area contributed by atoms with Crippen LogP contribution in [0.3, 0.4) is 0 Å². The second-order valence-electron chi connectivity index (χ2n) is 2.93. The smallest absolute Gasteiger partial charge is 0.108 e. The Morgan fingerprint density at radius 1 is 1.23 bits per heavy atom. The van der Waals surface area contributed by atoms with Crippen molar-refractivity contribution in [3.8, 4) is 0 Å². The van der Waals surface area contributed by atoms with Crippen molar-refractivity contribution in [3.63, 3.8) is 0 Å². The van der Waals surface area contributed by atoms with E-state index in [9.17, 15) is 0 Å². The normalized spacial score (nSPS) is 30.2. The molecule has 0 saturated carbocycles. The van der Waals surface area contributed by atoms with E-state index in [2.05, 4.69) is 12.2 Å². The highest BCUT2D eigenvalue weighted by atomic mass is 32.2. The molecule has 0 amide bonds. The van der Waals surface area contributed by atoms with Crippen LogP contribution >= 0.6 is 58.4 Å². The molecule has 1 aromatic heterocycles. The molecule has 0 fully saturated rings. The van der Waals surface area contributed by atoms with Crippen molar-refractivity contribution in [2.75, 3.05) is 0 Å². The highest BCUT2D eigenvalue weighted by Crippen LogP contribution is 2.53. The van der Waals surface area contributed by atoms with Gasteiger partial charge in [-0.15, -0.1) is 46.2 Å². The highest BCUT2D eigenvalue weighted by molar-refractivity contribution is 8.09. The Balaban J connectivity index is 2.03. The number of thioether (sulfide) groups is 2. The molecule has 13 heavy (non-hydrogen) atoms. The standard InChI is InChI=1S/C8H6S5/c9-8-12-6-7(13-8)11-5-3-1-2-4(5)10-6/h1-2,4-5H,3H2. The first-order chi connectivity index (χ1) is 6.33. The van der Waals surface area contributed by atoms with Crippen LogP contribution in [-0.4, -0.2) is 10.5 Å². The molecule has 0 nitrogen and oxygen atoms in total. The maximum absolute atomic E-state index is 5.20. The van der Waals surface area contributed by atoms with E-state index in [0.29, 0.717) is 5.25 Å². The Labute approximate surface area is 98.5 Å². The minimum absolute atomic E-state index is 0.706. The fourth-order valence-electron chi connectivity index (χ4n) is 1.50. The molecule has 0 N–H and O–H groups in total. The summed E-state index contributed by atoms with van der Waals surface area (Å²) in [5.74, 6) is 0. The predicted molar refractivity (Wildman–Crippen MR) is 66.1 cm³/mol. The van der Waals surface area contributed by atoms with Crippen LogP contribution in [0.25, 0.3) is 0 Å². The Bertz CT molecular complexity index is 412. The van der Waals surface area contributed by atoms with Crippen molar-refractivity contribution in [1.82, 2.24) is 0 Å². The number of allylic oxidation sites excluding steroid dienone is 1. The average Bonchev–Trinajstić information content (AvgIpc) is 2.63. The van der Waals surface area contributed by atoms with E-state index in [4.69, 9.17) is 12.2 Å². The Hall–Kier alpha value is 0.710. The average molecular weight is 262 g/mol. The maximum atomic E-state index is 5.20. The molecule has 0 spiro atoms. The van der Waals surface area contributed by atoms with Gasteiger partial charge in [-0.25, -0.2) is 0 Å². The zero-order chi connectivity index (χ0) is 8.84. The summed E-state index contributed by atoms with van der Waals surface area (Å²) in [6.45, 7) is 0. The molecule has 0 aromatic carbocycles. The first kappa shape index (κ1) is 8.97. The second-order valence-corrected chi connectivity index (χ2v) is 9.11. The summed E-state index contributed by atoms with van der Waals surface area (Å²) < 4.78 is 3.99. The van der Waals surface area contributed by atoms with E-state index < -0.39 is 0 Å². The highest BCUT2D eigenvalue weighted by Gasteiger charge is 2.32. The van der Waals surface area contributed by atoms with Gasteiger partial charge >= 0.3 is 0 Å². The molecule has 2 unspecified atom stereocenters. The van der Waals surface area contributed by atoms with Crippen molar-refractivity contribution in [2.24, 2.45) is 0 Å². The van der Waals surface area contributed by atoms with Gasteiger partial charge in [0.05, 0.1) is 8.42 Å². The lowest BCUT2D eigenvalue weighted by molar-refractivity contribution is 0.958. The molecule has 1 aromatic rings. The minimum atomic E-state index is 0.706. The topological polar surface area (TPSA) is 0 Å². The summed E-state index contributed by atoms with van der Waals surface area (Å²) in [4.78, 5) is 0. The van der Waals surface area contributed by atoms with Gasteiger partial charge in [0.1, 0.15) is 3.14 Å². The molecule has 68 valence electrons. The van der Waals surface area contributed by atoms with Crippen molar-refractivity contribution < 1.29 is 0 Å². The molecule has 0 bridgehead atoms. The summed E-state index contributed by atoms with van der Waals surface area (Å²) in [6.07, 6.45) is 5.89. The zero-order valence-electron chi connectivity index (χ0n) is 6.56. The SMILES string of the molecule is S=c1sc2c(s1)SC1CC=CC1S2. The molecule has 2 heterocycles. The third-order valence-corrected chi connectivity index (χ3v) is 8.34. The van der Waals surface area contributed by atoms with Crippen LogP contribution in [0.1, 0.15) is 6.42 Å². The van der Waals surface area contributed by atoms with E-state index in [-0.39, 0.29) is 0 Å². The molecule has 0 saturated heterocycles. The summed E-state index contributed by atoms with van der Waals surface area (Å²) in [6, 6.07) is 0. The third kappa shape index (κ3) is 1.55. The van der Waals surface area contributed by atoms with Gasteiger partial charge in [-0.2, -0.15) is 0 Å². The lowest BCUT2D eigenvalue weighted by Gasteiger charge is -2.22. The predicted octanol–water partition coefficient (Wildman–Crippen LogP) is 4.43. The Morgan fingerprint density at radius 3 is 2.85 bits per heavy atom. The van der Waals surface area contributed by atoms with Crippen LogP contribution in [0.5, 0.6) is 0 Å². The summed E-state index contributed by atoms with van der Waals surface area (Å²) in [5, 5.41) is 1.48. The molecule has 2 atom stereocenters. The van der Waals surface area contributed by atoms with Crippen LogP contribution in [0, 0.1) is 3.14 Å². The van der Waals surface area contributed by atoms with E-state index in [0.717, 1.165) is 8.39 Å². The molecule has 2 aliphatic rings. The molecule has 3 rings (SSSR count). The van der Waals surface area contributed by atoms with Crippen LogP contribution < -0.4 is 0 Å². The lowest BCUT2D eigenvalue weighted by Crippen LogP contribution is -2.14. The van der Waals surface area contributed by atoms with Gasteiger partial charge < -0.3 is 0 Å². The van der Waals surface area contributed by atoms with Crippen molar-refractivity contribution in [3.05, 3.63) is 15.3 Å². The van der Waals surface area contributed by atoms with Gasteiger partial charge in [0.25, 0.3) is 0 Å². The number of hydrogen-bond acceptors (Lipinski definition) is 5. The van der Waals surface area contributed by atoms with Crippen LogP contribution in [0.15, 0.2) is 20.6 Å². The Morgan fingerprint density at radius 2 is 2.00 bits per heavy atom. The van der Waals surface area contributed by atoms with Crippen LogP contribution in [0.2, 0.25) is 0 Å². The van der Waals surface area contributed by atoms with Crippen LogP contribution in [-0.2, 0) is 0 Å². The zero-order valence-corrected chi connectivity index (χ0v) is 10.6. The van der Waals surface area contributed by atoms with Crippen molar-refractivity contribution >= 4 is 58.4 Å². The van der Waals surface area contributed by atoms with Crippen molar-refractivity contribution in [2.45, 2.75) is 25.3 Å². The summed E-state index contributed by atoms with van der Waals surface area (Å²) >= 11 is 12.8. The van der Waals surface area contributed by atoms with Gasteiger partial charge in [0.2, 0.25) is 0 Å². The first-order valence-corrected chi connectivity index (χ1v) is 7.77. The molecular weight excluding hydrogens is 256 g/mol. The Kier molecular flexibility index (Phi) is 2.33. The fraction of sp³-hybridized carbons (Fsp3) is 0.375. The molecule has 0 radical (unpaired) electrons. The van der Waals surface area contributed by atoms with Gasteiger partial charge in [-0.05, 0) is 6.42 Å². The number of hydrogen-bond donors (Lipinski definition) is 0. The maximum Gasteiger partial charge on any atom is 0.145 e. The van der Waals surface area contributed by atoms with E-state index in [1.54, 1.807) is 22.7 Å². The minimum Gasteiger partial charge on any atom is -0.108 e. The molecule has 1 aliphatic carbocycles. The molecule has 1 aliphatic heterocycles. The van der Waals surface area contributed by atoms with E-state index in [1.165, 1.54) is 14.8 Å². The fourth-order valence-corrected chi connectivity index (χ4v) is 8.36. The van der Waals surface area contributed by atoms with Gasteiger partial charge in [0.15, 0.2) is 0 Å². The second kappa shape index (κ2) is 3.38. The third-order valence-electron chi connectivity index (χ3n) is 2.08. The van der Waals surface area contributed by atoms with Crippen molar-refractivity contribution in [1.29, 1.82) is 0 Å². The summed E-state index contributed by atoms with van der Waals surface area (Å²) in [7, 11) is 0. The van der Waals surface area contributed by atoms with Gasteiger partial charge in [-0.3, -0.25) is 0 Å². The lowest BCUT2D eigenvalue weighted by atomic mass is 10.3. The number of fused-ring (bicyclic) bond motifs is 2. The number of rotatable bonds is 0. The van der Waals surface area contributed by atoms with Gasteiger partial charge in [0, 0.05) is 10.5 Å². The van der Waals surface area contributed by atoms with Crippen LogP contribution in [0.4, 0.5) is 0 Å². The first-order valence-electron chi connectivity index (χ1n) is 3.97.